The number of carbonyl (C=O) groups excluding carboxylic acids is 1. The van der Waals surface area contributed by atoms with Gasteiger partial charge in [-0.1, -0.05) is 57.5 Å². The van der Waals surface area contributed by atoms with Crippen LogP contribution in [0.5, 0.6) is 17.2 Å². The number of esters is 1. The van der Waals surface area contributed by atoms with E-state index in [-0.39, 0.29) is 24.2 Å². The van der Waals surface area contributed by atoms with Crippen LogP contribution in [0.4, 0.5) is 0 Å². The van der Waals surface area contributed by atoms with Crippen molar-refractivity contribution in [1.82, 2.24) is 0 Å². The number of methoxy groups -OCH3 is 2. The zero-order valence-corrected chi connectivity index (χ0v) is 25.6. The molecule has 0 aromatic heterocycles. The highest BCUT2D eigenvalue weighted by Gasteiger charge is 2.37. The molecule has 3 aromatic rings. The third-order valence-electron chi connectivity index (χ3n) is 6.65. The maximum absolute atomic E-state index is 11.8. The van der Waals surface area contributed by atoms with Crippen LogP contribution in [0, 0.1) is 12.8 Å². The Bertz CT molecular complexity index is 1270. The minimum Gasteiger partial charge on any atom is -0.496 e. The molecule has 0 spiro atoms. The number of hydrogen-bond acceptors (Lipinski definition) is 5. The average Bonchev–Trinajstić information content (AvgIpc) is 2.84. The second kappa shape index (κ2) is 12.0. The van der Waals surface area contributed by atoms with E-state index >= 15 is 0 Å². The summed E-state index contributed by atoms with van der Waals surface area (Å²) >= 11 is 7.28. The molecule has 0 radical (unpaired) electrons. The highest BCUT2D eigenvalue weighted by atomic mass is 79.9. The lowest BCUT2D eigenvalue weighted by Gasteiger charge is -2.37. The van der Waals surface area contributed by atoms with Gasteiger partial charge in [0.1, 0.15) is 11.5 Å². The molecule has 3 aromatic carbocycles. The van der Waals surface area contributed by atoms with Gasteiger partial charge in [0.2, 0.25) is 0 Å². The summed E-state index contributed by atoms with van der Waals surface area (Å²) in [6.45, 7) is 10.5. The van der Waals surface area contributed by atoms with E-state index in [1.165, 1.54) is 7.11 Å². The van der Waals surface area contributed by atoms with Crippen molar-refractivity contribution in [3.63, 3.8) is 0 Å². The van der Waals surface area contributed by atoms with Gasteiger partial charge in [-0.25, -0.2) is 0 Å². The van der Waals surface area contributed by atoms with Gasteiger partial charge in [-0.3, -0.25) is 4.79 Å². The van der Waals surface area contributed by atoms with Crippen molar-refractivity contribution in [2.24, 2.45) is 11.7 Å². The number of aryl methyl sites for hydroxylation is 1. The fraction of sp³-hybridized carbons (Fsp3) is 0.367. The molecule has 0 aliphatic heterocycles. The summed E-state index contributed by atoms with van der Waals surface area (Å²) in [5, 5.41) is 0. The van der Waals surface area contributed by atoms with Gasteiger partial charge in [-0.15, -0.1) is 0 Å². The van der Waals surface area contributed by atoms with Crippen LogP contribution in [-0.4, -0.2) is 20.2 Å². The molecule has 3 rings (SSSR count). The van der Waals surface area contributed by atoms with Crippen LogP contribution in [0.1, 0.15) is 61.4 Å². The molecule has 0 heterocycles. The van der Waals surface area contributed by atoms with Gasteiger partial charge in [0.25, 0.3) is 0 Å². The zero-order valence-electron chi connectivity index (χ0n) is 22.4. The van der Waals surface area contributed by atoms with E-state index < -0.39 is 5.54 Å². The smallest absolute Gasteiger partial charge is 0.309 e. The minimum atomic E-state index is -0.853. The lowest BCUT2D eigenvalue weighted by molar-refractivity contribution is -0.139. The number of rotatable bonds is 9. The second-order valence-electron chi connectivity index (χ2n) is 9.88. The molecule has 0 saturated heterocycles. The van der Waals surface area contributed by atoms with E-state index in [9.17, 15) is 4.79 Å². The van der Waals surface area contributed by atoms with E-state index in [2.05, 4.69) is 84.7 Å². The minimum absolute atomic E-state index is 0.0422. The Balaban J connectivity index is 2.25. The van der Waals surface area contributed by atoms with Crippen LogP contribution in [0.25, 0.3) is 0 Å². The molecule has 1 atom stereocenters. The Morgan fingerprint density at radius 1 is 0.973 bits per heavy atom. The molecule has 0 amide bonds. The summed E-state index contributed by atoms with van der Waals surface area (Å²) < 4.78 is 18.7. The molecule has 0 fully saturated rings. The molecule has 5 nitrogen and oxygen atoms in total. The number of benzene rings is 3. The average molecular weight is 633 g/mol. The number of ether oxygens (including phenoxy) is 3. The first kappa shape index (κ1) is 29.2. The molecule has 198 valence electrons. The lowest BCUT2D eigenvalue weighted by Crippen LogP contribution is -2.43. The molecular formula is C30H35Br2NO4. The first-order valence-electron chi connectivity index (χ1n) is 12.2. The molecule has 1 unspecified atom stereocenters. The lowest BCUT2D eigenvalue weighted by atomic mass is 9.74. The Labute approximate surface area is 237 Å². The number of halogens is 2. The third kappa shape index (κ3) is 6.21. The quantitative estimate of drug-likeness (QED) is 0.242. The summed E-state index contributed by atoms with van der Waals surface area (Å²) in [5.41, 5.74) is 11.2. The SMILES string of the molecule is COC(=O)Cc1cc(Br)c(Oc2cc(C(C)C)c(OC)cc2C(N)(c2cccc(C)c2)C(C)C)c(Br)c1. The predicted octanol–water partition coefficient (Wildman–Crippen LogP) is 8.02. The summed E-state index contributed by atoms with van der Waals surface area (Å²) in [7, 11) is 3.06. The Kier molecular flexibility index (Phi) is 9.48. The molecule has 0 aliphatic rings. The monoisotopic (exact) mass is 631 g/mol. The van der Waals surface area contributed by atoms with Gasteiger partial charge in [-0.05, 0) is 86.0 Å². The topological polar surface area (TPSA) is 70.8 Å². The van der Waals surface area contributed by atoms with Gasteiger partial charge in [0, 0.05) is 11.1 Å². The van der Waals surface area contributed by atoms with E-state index in [1.807, 2.05) is 30.3 Å². The molecule has 7 heteroatoms. The van der Waals surface area contributed by atoms with Gasteiger partial charge >= 0.3 is 5.97 Å². The molecule has 37 heavy (non-hydrogen) atoms. The molecule has 2 N–H and O–H groups in total. The number of nitrogens with two attached hydrogens (primary N) is 1. The maximum Gasteiger partial charge on any atom is 0.309 e. The number of hydrogen-bond donors (Lipinski definition) is 1. The Hall–Kier alpha value is -2.35. The van der Waals surface area contributed by atoms with Crippen molar-refractivity contribution in [2.75, 3.05) is 14.2 Å². The summed E-state index contributed by atoms with van der Waals surface area (Å²) in [6, 6.07) is 16.0. The standard InChI is InChI=1S/C30H35Br2NO4/c1-17(2)22-15-27(37-29-24(31)12-20(13-25(29)32)14-28(34)36-7)23(16-26(22)35-6)30(33,18(3)4)21-10-8-9-19(5)11-21/h8-13,15-18H,14,33H2,1-7H3. The molecule has 0 bridgehead atoms. The van der Waals surface area contributed by atoms with E-state index in [1.54, 1.807) is 7.11 Å². The second-order valence-corrected chi connectivity index (χ2v) is 11.6. The van der Waals surface area contributed by atoms with Crippen molar-refractivity contribution in [1.29, 1.82) is 0 Å². The molecule has 0 aliphatic carbocycles. The highest BCUT2D eigenvalue weighted by molar-refractivity contribution is 9.11. The normalized spacial score (nSPS) is 13.0. The van der Waals surface area contributed by atoms with Crippen molar-refractivity contribution >= 4 is 37.8 Å². The summed E-state index contributed by atoms with van der Waals surface area (Å²) in [5.74, 6) is 1.93. The summed E-state index contributed by atoms with van der Waals surface area (Å²) in [6.07, 6.45) is 0.159. The number of carbonyl (C=O) groups is 1. The van der Waals surface area contributed by atoms with Gasteiger partial charge in [0.15, 0.2) is 5.75 Å². The third-order valence-corrected chi connectivity index (χ3v) is 7.83. The highest BCUT2D eigenvalue weighted by Crippen LogP contribution is 2.47. The summed E-state index contributed by atoms with van der Waals surface area (Å²) in [4.78, 5) is 11.8. The van der Waals surface area contributed by atoms with Crippen molar-refractivity contribution in [3.8, 4) is 17.2 Å². The van der Waals surface area contributed by atoms with Crippen LogP contribution in [-0.2, 0) is 21.5 Å². The van der Waals surface area contributed by atoms with Crippen LogP contribution in [0.3, 0.4) is 0 Å². The van der Waals surface area contributed by atoms with E-state index in [0.29, 0.717) is 20.4 Å². The van der Waals surface area contributed by atoms with Crippen molar-refractivity contribution in [3.05, 3.63) is 85.3 Å². The first-order valence-corrected chi connectivity index (χ1v) is 13.8. The van der Waals surface area contributed by atoms with Gasteiger partial charge < -0.3 is 19.9 Å². The van der Waals surface area contributed by atoms with Crippen LogP contribution in [0.2, 0.25) is 0 Å². The van der Waals surface area contributed by atoms with Crippen LogP contribution >= 0.6 is 31.9 Å². The van der Waals surface area contributed by atoms with Gasteiger partial charge in [-0.2, -0.15) is 0 Å². The van der Waals surface area contributed by atoms with E-state index in [4.69, 9.17) is 19.9 Å². The largest absolute Gasteiger partial charge is 0.496 e. The fourth-order valence-electron chi connectivity index (χ4n) is 4.47. The fourth-order valence-corrected chi connectivity index (χ4v) is 5.92. The van der Waals surface area contributed by atoms with Crippen molar-refractivity contribution in [2.45, 2.75) is 52.5 Å². The Morgan fingerprint density at radius 3 is 2.14 bits per heavy atom. The molecule has 0 saturated carbocycles. The zero-order chi connectivity index (χ0) is 27.5. The first-order chi connectivity index (χ1) is 17.4. The molecular weight excluding hydrogens is 598 g/mol. The van der Waals surface area contributed by atoms with E-state index in [0.717, 1.165) is 33.6 Å². The predicted molar refractivity (Wildman–Crippen MR) is 156 cm³/mol. The van der Waals surface area contributed by atoms with Crippen molar-refractivity contribution < 1.29 is 19.0 Å². The van der Waals surface area contributed by atoms with Crippen LogP contribution < -0.4 is 15.2 Å². The Morgan fingerprint density at radius 2 is 1.62 bits per heavy atom. The van der Waals surface area contributed by atoms with Crippen LogP contribution in [0.15, 0.2) is 57.5 Å². The maximum atomic E-state index is 11.8. The van der Waals surface area contributed by atoms with Gasteiger partial charge in [0.05, 0.1) is 35.1 Å².